The van der Waals surface area contributed by atoms with Gasteiger partial charge in [0.1, 0.15) is 6.04 Å². The standard InChI is InChI=1S/C10H12F2N2O3S/c1-6(10(13)15)14(18(2,16)17)7-3-4-8(11)9(12)5-7/h3-6H,1-2H3,(H2,13,15)/t6-/m1/s1. The molecule has 18 heavy (non-hydrogen) atoms. The molecule has 100 valence electrons. The maximum Gasteiger partial charge on any atom is 0.241 e. The molecular formula is C10H12F2N2O3S. The van der Waals surface area contributed by atoms with E-state index in [2.05, 4.69) is 0 Å². The molecule has 5 nitrogen and oxygen atoms in total. The Morgan fingerprint density at radius 3 is 2.28 bits per heavy atom. The Hall–Kier alpha value is -1.70. The van der Waals surface area contributed by atoms with E-state index in [1.807, 2.05) is 0 Å². The molecule has 2 N–H and O–H groups in total. The van der Waals surface area contributed by atoms with Gasteiger partial charge in [-0.3, -0.25) is 9.10 Å². The van der Waals surface area contributed by atoms with Crippen LogP contribution in [0.25, 0.3) is 0 Å². The number of halogens is 2. The summed E-state index contributed by atoms with van der Waals surface area (Å²) in [5, 5.41) is 0. The van der Waals surface area contributed by atoms with Crippen molar-refractivity contribution in [3.8, 4) is 0 Å². The molecule has 1 atom stereocenters. The summed E-state index contributed by atoms with van der Waals surface area (Å²) in [7, 11) is -3.85. The Morgan fingerprint density at radius 1 is 1.33 bits per heavy atom. The highest BCUT2D eigenvalue weighted by molar-refractivity contribution is 7.92. The zero-order chi connectivity index (χ0) is 14.1. The molecule has 0 aliphatic rings. The molecule has 0 aliphatic carbocycles. The highest BCUT2D eigenvalue weighted by Crippen LogP contribution is 2.22. The van der Waals surface area contributed by atoms with E-state index in [-0.39, 0.29) is 5.69 Å². The number of carbonyl (C=O) groups excluding carboxylic acids is 1. The molecule has 0 heterocycles. The number of rotatable bonds is 4. The first-order valence-corrected chi connectivity index (χ1v) is 6.73. The molecule has 0 fully saturated rings. The minimum atomic E-state index is -3.85. The van der Waals surface area contributed by atoms with E-state index in [9.17, 15) is 22.0 Å². The molecule has 0 unspecified atom stereocenters. The van der Waals surface area contributed by atoms with Crippen molar-refractivity contribution in [1.29, 1.82) is 0 Å². The van der Waals surface area contributed by atoms with E-state index < -0.39 is 33.6 Å². The van der Waals surface area contributed by atoms with Gasteiger partial charge in [0, 0.05) is 6.07 Å². The van der Waals surface area contributed by atoms with Crippen molar-refractivity contribution in [3.63, 3.8) is 0 Å². The largest absolute Gasteiger partial charge is 0.368 e. The Kier molecular flexibility index (Phi) is 3.90. The van der Waals surface area contributed by atoms with Gasteiger partial charge < -0.3 is 5.73 Å². The molecule has 0 aliphatic heterocycles. The quantitative estimate of drug-likeness (QED) is 0.876. The molecule has 0 spiro atoms. The number of carbonyl (C=O) groups is 1. The lowest BCUT2D eigenvalue weighted by atomic mass is 10.2. The van der Waals surface area contributed by atoms with Crippen molar-refractivity contribution in [2.45, 2.75) is 13.0 Å². The fourth-order valence-electron chi connectivity index (χ4n) is 1.44. The van der Waals surface area contributed by atoms with Crippen LogP contribution in [0, 0.1) is 11.6 Å². The third kappa shape index (κ3) is 2.95. The fraction of sp³-hybridized carbons (Fsp3) is 0.300. The molecular weight excluding hydrogens is 266 g/mol. The van der Waals surface area contributed by atoms with Gasteiger partial charge >= 0.3 is 0 Å². The number of nitrogens with two attached hydrogens (primary N) is 1. The average molecular weight is 278 g/mol. The highest BCUT2D eigenvalue weighted by atomic mass is 32.2. The molecule has 0 radical (unpaired) electrons. The van der Waals surface area contributed by atoms with Gasteiger partial charge in [0.25, 0.3) is 0 Å². The summed E-state index contributed by atoms with van der Waals surface area (Å²) in [4.78, 5) is 11.1. The predicted octanol–water partition coefficient (Wildman–Crippen LogP) is 0.605. The Labute approximate surface area is 103 Å². The zero-order valence-electron chi connectivity index (χ0n) is 9.72. The number of benzene rings is 1. The maximum absolute atomic E-state index is 13.1. The van der Waals surface area contributed by atoms with Crippen LogP contribution in [0.15, 0.2) is 18.2 Å². The first-order valence-electron chi connectivity index (χ1n) is 4.88. The number of anilines is 1. The second kappa shape index (κ2) is 4.89. The predicted molar refractivity (Wildman–Crippen MR) is 62.3 cm³/mol. The van der Waals surface area contributed by atoms with Gasteiger partial charge in [-0.1, -0.05) is 0 Å². The summed E-state index contributed by atoms with van der Waals surface area (Å²) >= 11 is 0. The van der Waals surface area contributed by atoms with E-state index in [1.54, 1.807) is 0 Å². The van der Waals surface area contributed by atoms with Crippen molar-refractivity contribution < 1.29 is 22.0 Å². The smallest absolute Gasteiger partial charge is 0.241 e. The second-order valence-corrected chi connectivity index (χ2v) is 5.60. The first-order chi connectivity index (χ1) is 8.14. The molecule has 0 saturated heterocycles. The van der Waals surface area contributed by atoms with Gasteiger partial charge in [0.2, 0.25) is 15.9 Å². The van der Waals surface area contributed by atoms with Gasteiger partial charge in [-0.05, 0) is 19.1 Å². The van der Waals surface area contributed by atoms with Gasteiger partial charge in [-0.2, -0.15) is 0 Å². The van der Waals surface area contributed by atoms with Crippen molar-refractivity contribution in [2.24, 2.45) is 5.73 Å². The normalized spacial score (nSPS) is 13.1. The Morgan fingerprint density at radius 2 is 1.89 bits per heavy atom. The molecule has 1 aromatic rings. The molecule has 1 amide bonds. The highest BCUT2D eigenvalue weighted by Gasteiger charge is 2.28. The number of sulfonamides is 1. The summed E-state index contributed by atoms with van der Waals surface area (Å²) in [5.74, 6) is -3.22. The first kappa shape index (κ1) is 14.4. The van der Waals surface area contributed by atoms with Crippen molar-refractivity contribution in [3.05, 3.63) is 29.8 Å². The summed E-state index contributed by atoms with van der Waals surface area (Å²) in [6, 6.07) is 1.32. The van der Waals surface area contributed by atoms with E-state index in [4.69, 9.17) is 5.73 Å². The lowest BCUT2D eigenvalue weighted by Gasteiger charge is -2.26. The molecule has 1 rings (SSSR count). The van der Waals surface area contributed by atoms with Crippen LogP contribution in [0.3, 0.4) is 0 Å². The summed E-state index contributed by atoms with van der Waals surface area (Å²) in [5.41, 5.74) is 4.86. The summed E-state index contributed by atoms with van der Waals surface area (Å²) in [6.45, 7) is 1.25. The van der Waals surface area contributed by atoms with Crippen LogP contribution >= 0.6 is 0 Å². The molecule has 8 heteroatoms. The van der Waals surface area contributed by atoms with Crippen molar-refractivity contribution in [1.82, 2.24) is 0 Å². The molecule has 0 saturated carbocycles. The van der Waals surface area contributed by atoms with Gasteiger partial charge in [-0.25, -0.2) is 17.2 Å². The lowest BCUT2D eigenvalue weighted by molar-refractivity contribution is -0.118. The minimum absolute atomic E-state index is 0.164. The number of hydrogen-bond donors (Lipinski definition) is 1. The van der Waals surface area contributed by atoms with E-state index >= 15 is 0 Å². The second-order valence-electron chi connectivity index (χ2n) is 3.74. The fourth-order valence-corrected chi connectivity index (χ4v) is 2.61. The third-order valence-electron chi connectivity index (χ3n) is 2.28. The van der Waals surface area contributed by atoms with Gasteiger partial charge in [0.15, 0.2) is 11.6 Å². The number of primary amides is 1. The Balaban J connectivity index is 3.36. The summed E-state index contributed by atoms with van der Waals surface area (Å²) in [6.07, 6.45) is 0.841. The number of nitrogens with zero attached hydrogens (tertiary/aromatic N) is 1. The zero-order valence-corrected chi connectivity index (χ0v) is 10.5. The lowest BCUT2D eigenvalue weighted by Crippen LogP contribution is -2.45. The van der Waals surface area contributed by atoms with E-state index in [0.717, 1.165) is 18.4 Å². The SMILES string of the molecule is C[C@H](C(N)=O)N(c1ccc(F)c(F)c1)S(C)(=O)=O. The average Bonchev–Trinajstić information content (AvgIpc) is 2.21. The van der Waals surface area contributed by atoms with E-state index in [0.29, 0.717) is 10.4 Å². The molecule has 0 aromatic heterocycles. The van der Waals surface area contributed by atoms with Crippen LogP contribution in [-0.4, -0.2) is 26.6 Å². The van der Waals surface area contributed by atoms with E-state index in [1.165, 1.54) is 6.92 Å². The molecule has 1 aromatic carbocycles. The topological polar surface area (TPSA) is 80.5 Å². The maximum atomic E-state index is 13.1. The number of hydrogen-bond acceptors (Lipinski definition) is 3. The van der Waals surface area contributed by atoms with Crippen LogP contribution in [0.4, 0.5) is 14.5 Å². The molecule has 0 bridgehead atoms. The number of amides is 1. The van der Waals surface area contributed by atoms with Crippen molar-refractivity contribution in [2.75, 3.05) is 10.6 Å². The van der Waals surface area contributed by atoms with Crippen LogP contribution in [0.2, 0.25) is 0 Å². The van der Waals surface area contributed by atoms with Crippen LogP contribution < -0.4 is 10.0 Å². The van der Waals surface area contributed by atoms with Crippen LogP contribution in [0.5, 0.6) is 0 Å². The Bertz CT molecular complexity index is 574. The van der Waals surface area contributed by atoms with Crippen molar-refractivity contribution >= 4 is 21.6 Å². The third-order valence-corrected chi connectivity index (χ3v) is 3.52. The van der Waals surface area contributed by atoms with Crippen LogP contribution in [-0.2, 0) is 14.8 Å². The van der Waals surface area contributed by atoms with Gasteiger partial charge in [-0.15, -0.1) is 0 Å². The monoisotopic (exact) mass is 278 g/mol. The van der Waals surface area contributed by atoms with Gasteiger partial charge in [0.05, 0.1) is 11.9 Å². The summed E-state index contributed by atoms with van der Waals surface area (Å²) < 4.78 is 49.7. The minimum Gasteiger partial charge on any atom is -0.368 e. The van der Waals surface area contributed by atoms with Crippen LogP contribution in [0.1, 0.15) is 6.92 Å².